The minimum atomic E-state index is -0.665. The van der Waals surface area contributed by atoms with E-state index in [1.54, 1.807) is 12.1 Å². The van der Waals surface area contributed by atoms with Gasteiger partial charge in [-0.15, -0.1) is 0 Å². The summed E-state index contributed by atoms with van der Waals surface area (Å²) in [6.07, 6.45) is 5.89. The van der Waals surface area contributed by atoms with E-state index < -0.39 is 6.10 Å². The number of hydrogen-bond donors (Lipinski definition) is 3. The highest BCUT2D eigenvalue weighted by Gasteiger charge is 2.12. The molecule has 1 atom stereocenters. The summed E-state index contributed by atoms with van der Waals surface area (Å²) in [5.74, 6) is 0. The number of unbranched alkanes of at least 4 members (excludes halogenated alkanes) is 3. The number of aliphatic hydroxyl groups excluding tert-OH is 1. The molecule has 2 aromatic rings. The summed E-state index contributed by atoms with van der Waals surface area (Å²) >= 11 is 12.1. The first-order valence-corrected chi connectivity index (χ1v) is 13.9. The number of rotatable bonds is 16. The van der Waals surface area contributed by atoms with Crippen LogP contribution >= 0.6 is 23.2 Å². The van der Waals surface area contributed by atoms with E-state index in [0.717, 1.165) is 91.1 Å². The second-order valence-corrected chi connectivity index (χ2v) is 10.3. The number of hydrogen-bond acceptors (Lipinski definition) is 6. The van der Waals surface area contributed by atoms with Gasteiger partial charge in [0, 0.05) is 39.4 Å². The van der Waals surface area contributed by atoms with Crippen molar-refractivity contribution in [3.8, 4) is 0 Å². The molecule has 3 rings (SSSR count). The average molecular weight is 539 g/mol. The molecule has 0 aliphatic carbocycles. The number of aryl methyl sites for hydroxylation is 1. The summed E-state index contributed by atoms with van der Waals surface area (Å²) in [5.41, 5.74) is 9.51. The lowest BCUT2D eigenvalue weighted by Gasteiger charge is -2.26. The maximum atomic E-state index is 10.3. The van der Waals surface area contributed by atoms with Gasteiger partial charge in [0.15, 0.2) is 0 Å². The van der Waals surface area contributed by atoms with Crippen molar-refractivity contribution >= 4 is 28.9 Å². The predicted molar refractivity (Wildman–Crippen MR) is 149 cm³/mol. The molecule has 6 nitrogen and oxygen atoms in total. The minimum absolute atomic E-state index is 0.344. The number of aliphatic hydroxyl groups is 1. The minimum Gasteiger partial charge on any atom is -0.396 e. The van der Waals surface area contributed by atoms with Gasteiger partial charge in [-0.25, -0.2) is 0 Å². The molecule has 0 spiro atoms. The van der Waals surface area contributed by atoms with E-state index in [0.29, 0.717) is 27.8 Å². The van der Waals surface area contributed by atoms with Crippen LogP contribution in [0.3, 0.4) is 0 Å². The lowest BCUT2D eigenvalue weighted by atomic mass is 10.1. The Morgan fingerprint density at radius 3 is 2.31 bits per heavy atom. The lowest BCUT2D eigenvalue weighted by Crippen LogP contribution is -2.35. The fourth-order valence-corrected chi connectivity index (χ4v) is 4.77. The van der Waals surface area contributed by atoms with Crippen LogP contribution in [0.5, 0.6) is 0 Å². The first-order valence-electron chi connectivity index (χ1n) is 13.1. The number of benzene rings is 2. The Balaban J connectivity index is 1.13. The van der Waals surface area contributed by atoms with Gasteiger partial charge in [-0.05, 0) is 61.1 Å². The summed E-state index contributed by atoms with van der Waals surface area (Å²) in [5, 5.41) is 14.3. The predicted octanol–water partition coefficient (Wildman–Crippen LogP) is 5.24. The van der Waals surface area contributed by atoms with Crippen molar-refractivity contribution in [3.63, 3.8) is 0 Å². The number of nitrogens with two attached hydrogens (primary N) is 1. The van der Waals surface area contributed by atoms with Crippen molar-refractivity contribution in [1.29, 1.82) is 0 Å². The lowest BCUT2D eigenvalue weighted by molar-refractivity contribution is 0.0342. The zero-order valence-corrected chi connectivity index (χ0v) is 22.7. The molecule has 0 saturated carbocycles. The molecule has 8 heteroatoms. The summed E-state index contributed by atoms with van der Waals surface area (Å²) in [6.45, 7) is 7.71. The zero-order valence-electron chi connectivity index (χ0n) is 21.2. The van der Waals surface area contributed by atoms with Gasteiger partial charge in [0.2, 0.25) is 0 Å². The van der Waals surface area contributed by atoms with Crippen LogP contribution in [0.4, 0.5) is 5.69 Å². The van der Waals surface area contributed by atoms with E-state index in [4.69, 9.17) is 38.4 Å². The Hall–Kier alpha value is -1.38. The number of anilines is 1. The SMILES string of the molecule is Nc1c(Cl)cc(C(O)CNCCCCCCOCCCc2ccc(CN3CCOCC3)cc2)cc1Cl. The van der Waals surface area contributed by atoms with Crippen molar-refractivity contribution in [2.24, 2.45) is 0 Å². The number of morpholine rings is 1. The molecule has 1 fully saturated rings. The molecular formula is C28H41Cl2N3O3. The van der Waals surface area contributed by atoms with E-state index in [1.807, 2.05) is 0 Å². The topological polar surface area (TPSA) is 80.0 Å². The molecule has 0 radical (unpaired) electrons. The van der Waals surface area contributed by atoms with Crippen molar-refractivity contribution in [2.75, 3.05) is 58.3 Å². The quantitative estimate of drug-likeness (QED) is 0.200. The van der Waals surface area contributed by atoms with Gasteiger partial charge in [0.1, 0.15) is 0 Å². The van der Waals surface area contributed by atoms with E-state index in [9.17, 15) is 5.11 Å². The molecule has 1 aliphatic rings. The monoisotopic (exact) mass is 537 g/mol. The van der Waals surface area contributed by atoms with Crippen LogP contribution < -0.4 is 11.1 Å². The summed E-state index contributed by atoms with van der Waals surface area (Å²) in [4.78, 5) is 2.45. The highest BCUT2D eigenvalue weighted by Crippen LogP contribution is 2.31. The van der Waals surface area contributed by atoms with Crippen LogP contribution in [-0.2, 0) is 22.4 Å². The third-order valence-corrected chi connectivity index (χ3v) is 7.13. The standard InChI is InChI=1S/C28H41Cl2N3O3/c29-25-18-24(19-26(30)28(25)31)27(34)20-32-11-3-1-2-4-14-35-15-5-6-22-7-9-23(10-8-22)21-33-12-16-36-17-13-33/h7-10,18-19,27,32,34H,1-6,11-17,20-21,31H2. The number of ether oxygens (including phenoxy) is 2. The van der Waals surface area contributed by atoms with Crippen LogP contribution in [0.2, 0.25) is 10.0 Å². The second-order valence-electron chi connectivity index (χ2n) is 9.45. The van der Waals surface area contributed by atoms with E-state index in [-0.39, 0.29) is 0 Å². The first kappa shape index (κ1) is 29.2. The summed E-state index contributed by atoms with van der Waals surface area (Å²) in [7, 11) is 0. The van der Waals surface area contributed by atoms with Gasteiger partial charge in [-0.3, -0.25) is 4.90 Å². The molecule has 200 valence electrons. The fraction of sp³-hybridized carbons (Fsp3) is 0.571. The summed E-state index contributed by atoms with van der Waals surface area (Å²) in [6, 6.07) is 12.3. The van der Waals surface area contributed by atoms with Crippen LogP contribution in [0, 0.1) is 0 Å². The molecule has 0 amide bonds. The van der Waals surface area contributed by atoms with Crippen molar-refractivity contribution < 1.29 is 14.6 Å². The van der Waals surface area contributed by atoms with Gasteiger partial charge in [-0.2, -0.15) is 0 Å². The van der Waals surface area contributed by atoms with Crippen LogP contribution in [0.25, 0.3) is 0 Å². The number of nitrogen functional groups attached to an aromatic ring is 1. The molecule has 36 heavy (non-hydrogen) atoms. The molecule has 0 bridgehead atoms. The number of nitrogens with one attached hydrogen (secondary N) is 1. The maximum Gasteiger partial charge on any atom is 0.0915 e. The Labute approximate surface area is 226 Å². The molecule has 1 saturated heterocycles. The van der Waals surface area contributed by atoms with Crippen LogP contribution in [0.1, 0.15) is 54.9 Å². The Morgan fingerprint density at radius 1 is 0.944 bits per heavy atom. The van der Waals surface area contributed by atoms with E-state index in [1.165, 1.54) is 11.1 Å². The summed E-state index contributed by atoms with van der Waals surface area (Å²) < 4.78 is 11.2. The molecule has 1 aliphatic heterocycles. The van der Waals surface area contributed by atoms with Crippen LogP contribution in [0.15, 0.2) is 36.4 Å². The van der Waals surface area contributed by atoms with Crippen molar-refractivity contribution in [3.05, 3.63) is 63.1 Å². The molecular weight excluding hydrogens is 497 g/mol. The van der Waals surface area contributed by atoms with E-state index in [2.05, 4.69) is 34.5 Å². The van der Waals surface area contributed by atoms with Crippen molar-refractivity contribution in [2.45, 2.75) is 51.2 Å². The first-order chi connectivity index (χ1) is 17.5. The van der Waals surface area contributed by atoms with Crippen molar-refractivity contribution in [1.82, 2.24) is 10.2 Å². The van der Waals surface area contributed by atoms with Gasteiger partial charge in [0.25, 0.3) is 0 Å². The maximum absolute atomic E-state index is 10.3. The number of nitrogens with zero attached hydrogens (tertiary/aromatic N) is 1. The highest BCUT2D eigenvalue weighted by atomic mass is 35.5. The zero-order chi connectivity index (χ0) is 25.6. The Bertz CT molecular complexity index is 869. The third kappa shape index (κ3) is 10.5. The normalized spacial score (nSPS) is 15.3. The van der Waals surface area contributed by atoms with E-state index >= 15 is 0 Å². The smallest absolute Gasteiger partial charge is 0.0915 e. The Morgan fingerprint density at radius 2 is 1.58 bits per heavy atom. The average Bonchev–Trinajstić information content (AvgIpc) is 2.89. The molecule has 2 aromatic carbocycles. The highest BCUT2D eigenvalue weighted by molar-refractivity contribution is 6.38. The Kier molecular flexibility index (Phi) is 13.3. The van der Waals surface area contributed by atoms with Gasteiger partial charge in [0.05, 0.1) is 35.1 Å². The second kappa shape index (κ2) is 16.5. The molecule has 4 N–H and O–H groups in total. The number of halogens is 2. The molecule has 1 unspecified atom stereocenters. The molecule has 0 aromatic heterocycles. The van der Waals surface area contributed by atoms with Gasteiger partial charge < -0.3 is 25.6 Å². The largest absolute Gasteiger partial charge is 0.396 e. The fourth-order valence-electron chi connectivity index (χ4n) is 4.27. The third-order valence-electron chi connectivity index (χ3n) is 6.50. The van der Waals surface area contributed by atoms with Crippen LogP contribution in [-0.4, -0.2) is 62.6 Å². The van der Waals surface area contributed by atoms with Gasteiger partial charge in [-0.1, -0.05) is 60.3 Å². The molecule has 1 heterocycles. The van der Waals surface area contributed by atoms with Gasteiger partial charge >= 0.3 is 0 Å².